The average Bonchev–Trinajstić information content (AvgIpc) is 2.20. The molecule has 2 aliphatic carbocycles. The molecule has 0 N–H and O–H groups in total. The third-order valence-corrected chi connectivity index (χ3v) is 5.55. The number of Topliss-reactive ketones (excluding diaryl/α,β-unsaturated/α-hetero) is 1. The van der Waals surface area contributed by atoms with E-state index >= 15 is 0 Å². The minimum atomic E-state index is 0.308. The van der Waals surface area contributed by atoms with Gasteiger partial charge in [0, 0.05) is 12.3 Å². The summed E-state index contributed by atoms with van der Waals surface area (Å²) in [5, 5.41) is 0. The highest BCUT2D eigenvalue weighted by Crippen LogP contribution is 2.54. The molecule has 0 heterocycles. The summed E-state index contributed by atoms with van der Waals surface area (Å²) in [4.78, 5) is 12.3. The molecule has 0 saturated heterocycles. The van der Waals surface area contributed by atoms with E-state index in [1.807, 2.05) is 0 Å². The fourth-order valence-electron chi connectivity index (χ4n) is 4.01. The Bertz CT molecular complexity index is 281. The first-order valence-electron chi connectivity index (χ1n) is 6.98. The molecule has 4 unspecified atom stereocenters. The van der Waals surface area contributed by atoms with E-state index in [0.29, 0.717) is 29.0 Å². The minimum Gasteiger partial charge on any atom is -0.299 e. The van der Waals surface area contributed by atoms with E-state index < -0.39 is 0 Å². The van der Waals surface area contributed by atoms with Gasteiger partial charge in [-0.25, -0.2) is 0 Å². The molecular formula is C15H26O. The second-order valence-corrected chi connectivity index (χ2v) is 6.77. The normalized spacial score (nSPS) is 44.6. The number of hydrogen-bond donors (Lipinski definition) is 0. The van der Waals surface area contributed by atoms with E-state index in [2.05, 4.69) is 27.7 Å². The smallest absolute Gasteiger partial charge is 0.136 e. The van der Waals surface area contributed by atoms with Crippen LogP contribution in [0.25, 0.3) is 0 Å². The van der Waals surface area contributed by atoms with Crippen LogP contribution >= 0.6 is 0 Å². The topological polar surface area (TPSA) is 17.1 Å². The molecule has 2 aliphatic rings. The second-order valence-electron chi connectivity index (χ2n) is 6.77. The molecule has 0 radical (unpaired) electrons. The van der Waals surface area contributed by atoms with Crippen molar-refractivity contribution in [2.75, 3.05) is 0 Å². The van der Waals surface area contributed by atoms with Crippen molar-refractivity contribution in [2.45, 2.75) is 59.8 Å². The van der Waals surface area contributed by atoms with Crippen LogP contribution in [0, 0.1) is 29.1 Å². The average molecular weight is 222 g/mol. The maximum Gasteiger partial charge on any atom is 0.136 e. The van der Waals surface area contributed by atoms with Crippen molar-refractivity contribution in [1.29, 1.82) is 0 Å². The minimum absolute atomic E-state index is 0.308. The summed E-state index contributed by atoms with van der Waals surface area (Å²) in [6.07, 6.45) is 5.88. The van der Waals surface area contributed by atoms with Gasteiger partial charge in [-0.1, -0.05) is 40.5 Å². The van der Waals surface area contributed by atoms with E-state index in [1.54, 1.807) is 0 Å². The van der Waals surface area contributed by atoms with Crippen molar-refractivity contribution in [3.05, 3.63) is 0 Å². The number of ketones is 1. The summed E-state index contributed by atoms with van der Waals surface area (Å²) in [6, 6.07) is 0. The van der Waals surface area contributed by atoms with E-state index in [9.17, 15) is 4.79 Å². The van der Waals surface area contributed by atoms with Gasteiger partial charge in [-0.05, 0) is 36.0 Å². The first kappa shape index (κ1) is 12.1. The van der Waals surface area contributed by atoms with Gasteiger partial charge in [-0.15, -0.1) is 0 Å². The highest BCUT2D eigenvalue weighted by molar-refractivity contribution is 5.83. The largest absolute Gasteiger partial charge is 0.299 e. The summed E-state index contributed by atoms with van der Waals surface area (Å²) >= 11 is 0. The lowest BCUT2D eigenvalue weighted by molar-refractivity contribution is -0.139. The van der Waals surface area contributed by atoms with Crippen LogP contribution in [0.3, 0.4) is 0 Å². The predicted octanol–water partition coefficient (Wildman–Crippen LogP) is 4.06. The highest BCUT2D eigenvalue weighted by Gasteiger charge is 2.49. The summed E-state index contributed by atoms with van der Waals surface area (Å²) < 4.78 is 0. The molecular weight excluding hydrogens is 196 g/mol. The second kappa shape index (κ2) is 4.16. The Morgan fingerprint density at radius 1 is 1.31 bits per heavy atom. The zero-order chi connectivity index (χ0) is 11.9. The van der Waals surface area contributed by atoms with Gasteiger partial charge in [0.25, 0.3) is 0 Å². The van der Waals surface area contributed by atoms with Crippen molar-refractivity contribution in [2.24, 2.45) is 29.1 Å². The maximum atomic E-state index is 12.3. The fourth-order valence-corrected chi connectivity index (χ4v) is 4.01. The van der Waals surface area contributed by atoms with E-state index in [-0.39, 0.29) is 0 Å². The SMILES string of the molecule is CC(C)C1CC(=O)C2CCCC(C)C2(C)C1. The lowest BCUT2D eigenvalue weighted by Gasteiger charge is -2.51. The van der Waals surface area contributed by atoms with Crippen LogP contribution in [0.2, 0.25) is 0 Å². The molecule has 0 aromatic rings. The molecule has 0 aromatic heterocycles. The lowest BCUT2D eigenvalue weighted by Crippen LogP contribution is -2.48. The van der Waals surface area contributed by atoms with Crippen LogP contribution in [0.1, 0.15) is 59.8 Å². The van der Waals surface area contributed by atoms with Crippen molar-refractivity contribution in [1.82, 2.24) is 0 Å². The first-order valence-corrected chi connectivity index (χ1v) is 6.98. The Morgan fingerprint density at radius 2 is 2.00 bits per heavy atom. The molecule has 2 rings (SSSR count). The Morgan fingerprint density at radius 3 is 2.62 bits per heavy atom. The summed E-state index contributed by atoms with van der Waals surface area (Å²) in [7, 11) is 0. The molecule has 0 aromatic carbocycles. The van der Waals surface area contributed by atoms with Crippen LogP contribution < -0.4 is 0 Å². The van der Waals surface area contributed by atoms with Gasteiger partial charge in [-0.2, -0.15) is 0 Å². The monoisotopic (exact) mass is 222 g/mol. The molecule has 2 saturated carbocycles. The van der Waals surface area contributed by atoms with Crippen LogP contribution in [-0.2, 0) is 4.79 Å². The molecule has 16 heavy (non-hydrogen) atoms. The number of carbonyl (C=O) groups is 1. The third-order valence-electron chi connectivity index (χ3n) is 5.55. The Kier molecular flexibility index (Phi) is 3.16. The number of fused-ring (bicyclic) bond motifs is 1. The fraction of sp³-hybridized carbons (Fsp3) is 0.933. The van der Waals surface area contributed by atoms with Gasteiger partial charge in [-0.3, -0.25) is 4.79 Å². The summed E-state index contributed by atoms with van der Waals surface area (Å²) in [5.74, 6) is 2.98. The first-order chi connectivity index (χ1) is 7.45. The number of rotatable bonds is 1. The molecule has 1 heteroatoms. The quantitative estimate of drug-likeness (QED) is 0.654. The predicted molar refractivity (Wildman–Crippen MR) is 67.2 cm³/mol. The van der Waals surface area contributed by atoms with Gasteiger partial charge in [0.15, 0.2) is 0 Å². The van der Waals surface area contributed by atoms with Crippen molar-refractivity contribution in [3.63, 3.8) is 0 Å². The van der Waals surface area contributed by atoms with Crippen LogP contribution in [-0.4, -0.2) is 5.78 Å². The third kappa shape index (κ3) is 1.83. The van der Waals surface area contributed by atoms with Crippen LogP contribution in [0.5, 0.6) is 0 Å². The lowest BCUT2D eigenvalue weighted by atomic mass is 9.52. The Balaban J connectivity index is 2.24. The molecule has 2 fully saturated rings. The molecule has 0 spiro atoms. The van der Waals surface area contributed by atoms with Crippen molar-refractivity contribution in [3.8, 4) is 0 Å². The van der Waals surface area contributed by atoms with E-state index in [4.69, 9.17) is 0 Å². The molecule has 0 amide bonds. The standard InChI is InChI=1S/C15H26O/c1-10(2)12-8-14(16)13-7-5-6-11(3)15(13,4)9-12/h10-13H,5-9H2,1-4H3. The van der Waals surface area contributed by atoms with Crippen molar-refractivity contribution < 1.29 is 4.79 Å². The Hall–Kier alpha value is -0.330. The number of carbonyl (C=O) groups excluding carboxylic acids is 1. The van der Waals surface area contributed by atoms with Crippen LogP contribution in [0.4, 0.5) is 0 Å². The number of hydrogen-bond acceptors (Lipinski definition) is 1. The van der Waals surface area contributed by atoms with Gasteiger partial charge < -0.3 is 0 Å². The zero-order valence-corrected chi connectivity index (χ0v) is 11.3. The van der Waals surface area contributed by atoms with E-state index in [1.165, 1.54) is 19.3 Å². The van der Waals surface area contributed by atoms with E-state index in [0.717, 1.165) is 18.8 Å². The van der Waals surface area contributed by atoms with Crippen molar-refractivity contribution >= 4 is 5.78 Å². The molecule has 4 atom stereocenters. The summed E-state index contributed by atoms with van der Waals surface area (Å²) in [6.45, 7) is 9.29. The highest BCUT2D eigenvalue weighted by atomic mass is 16.1. The van der Waals surface area contributed by atoms with Gasteiger partial charge in [0.1, 0.15) is 5.78 Å². The Labute approximate surface area is 100.0 Å². The molecule has 92 valence electrons. The molecule has 0 aliphatic heterocycles. The van der Waals surface area contributed by atoms with Gasteiger partial charge >= 0.3 is 0 Å². The summed E-state index contributed by atoms with van der Waals surface area (Å²) in [5.41, 5.74) is 0.308. The van der Waals surface area contributed by atoms with Gasteiger partial charge in [0.2, 0.25) is 0 Å². The molecule has 0 bridgehead atoms. The van der Waals surface area contributed by atoms with Crippen LogP contribution in [0.15, 0.2) is 0 Å². The zero-order valence-electron chi connectivity index (χ0n) is 11.3. The maximum absolute atomic E-state index is 12.3. The molecule has 1 nitrogen and oxygen atoms in total. The van der Waals surface area contributed by atoms with Gasteiger partial charge in [0.05, 0.1) is 0 Å².